The SMILES string of the molecule is COc1nc(NN)nc(Nc2cc(C)ccc2C)n1. The number of ether oxygens (including phenoxy) is 1. The van der Waals surface area contributed by atoms with Crippen LogP contribution < -0.4 is 21.3 Å². The molecule has 1 aromatic heterocycles. The zero-order chi connectivity index (χ0) is 13.8. The van der Waals surface area contributed by atoms with Gasteiger partial charge in [0, 0.05) is 5.69 Å². The van der Waals surface area contributed by atoms with Gasteiger partial charge in [0.2, 0.25) is 11.9 Å². The molecular formula is C12H16N6O. The lowest BCUT2D eigenvalue weighted by molar-refractivity contribution is 0.379. The first-order chi connectivity index (χ1) is 9.12. The number of hydrogen-bond acceptors (Lipinski definition) is 7. The number of nitrogens with two attached hydrogens (primary N) is 1. The predicted molar refractivity (Wildman–Crippen MR) is 73.4 cm³/mol. The van der Waals surface area contributed by atoms with E-state index in [1.807, 2.05) is 32.0 Å². The number of aromatic nitrogens is 3. The minimum Gasteiger partial charge on any atom is -0.467 e. The van der Waals surface area contributed by atoms with E-state index in [9.17, 15) is 0 Å². The summed E-state index contributed by atoms with van der Waals surface area (Å²) in [5, 5.41) is 3.12. The first-order valence-electron chi connectivity index (χ1n) is 5.73. The van der Waals surface area contributed by atoms with Crippen molar-refractivity contribution < 1.29 is 4.74 Å². The number of rotatable bonds is 4. The standard InChI is InChI=1S/C12H16N6O/c1-7-4-5-8(2)9(6-7)14-10-15-11(18-13)17-12(16-10)19-3/h4-6H,13H2,1-3H3,(H2,14,15,16,17,18). The molecule has 0 fully saturated rings. The molecular weight excluding hydrogens is 244 g/mol. The fraction of sp³-hybridized carbons (Fsp3) is 0.250. The van der Waals surface area contributed by atoms with Gasteiger partial charge < -0.3 is 10.1 Å². The van der Waals surface area contributed by atoms with Gasteiger partial charge in [-0.05, 0) is 31.0 Å². The van der Waals surface area contributed by atoms with Crippen molar-refractivity contribution in [3.8, 4) is 6.01 Å². The Bertz CT molecular complexity index is 564. The van der Waals surface area contributed by atoms with Gasteiger partial charge in [-0.25, -0.2) is 5.84 Å². The second-order valence-electron chi connectivity index (χ2n) is 4.06. The van der Waals surface area contributed by atoms with Crippen LogP contribution in [-0.4, -0.2) is 22.1 Å². The number of methoxy groups -OCH3 is 1. The number of anilines is 3. The van der Waals surface area contributed by atoms with E-state index in [4.69, 9.17) is 10.6 Å². The lowest BCUT2D eigenvalue weighted by Crippen LogP contribution is -2.13. The molecule has 4 N–H and O–H groups in total. The van der Waals surface area contributed by atoms with Gasteiger partial charge in [0.05, 0.1) is 7.11 Å². The Morgan fingerprint density at radius 1 is 1.11 bits per heavy atom. The first kappa shape index (κ1) is 13.0. The second kappa shape index (κ2) is 5.49. The smallest absolute Gasteiger partial charge is 0.322 e. The molecule has 0 amide bonds. The van der Waals surface area contributed by atoms with E-state index in [2.05, 4.69) is 25.7 Å². The molecule has 0 aliphatic rings. The van der Waals surface area contributed by atoms with Crippen LogP contribution in [0.25, 0.3) is 0 Å². The van der Waals surface area contributed by atoms with Gasteiger partial charge in [0.15, 0.2) is 0 Å². The summed E-state index contributed by atoms with van der Waals surface area (Å²) in [7, 11) is 1.48. The summed E-state index contributed by atoms with van der Waals surface area (Å²) < 4.78 is 4.99. The van der Waals surface area contributed by atoms with Crippen LogP contribution in [0.15, 0.2) is 18.2 Å². The quantitative estimate of drug-likeness (QED) is 0.566. The molecule has 19 heavy (non-hydrogen) atoms. The van der Waals surface area contributed by atoms with Crippen LogP contribution in [0.4, 0.5) is 17.6 Å². The van der Waals surface area contributed by atoms with Gasteiger partial charge in [-0.1, -0.05) is 12.1 Å². The van der Waals surface area contributed by atoms with E-state index < -0.39 is 0 Å². The number of hydrazine groups is 1. The maximum atomic E-state index is 5.30. The number of nitrogen functional groups attached to an aromatic ring is 1. The lowest BCUT2D eigenvalue weighted by atomic mass is 10.1. The van der Waals surface area contributed by atoms with Crippen molar-refractivity contribution in [1.29, 1.82) is 0 Å². The van der Waals surface area contributed by atoms with Gasteiger partial charge >= 0.3 is 6.01 Å². The summed E-state index contributed by atoms with van der Waals surface area (Å²) in [6.07, 6.45) is 0. The van der Waals surface area contributed by atoms with Gasteiger partial charge in [-0.2, -0.15) is 15.0 Å². The van der Waals surface area contributed by atoms with E-state index in [1.54, 1.807) is 0 Å². The highest BCUT2D eigenvalue weighted by atomic mass is 16.5. The molecule has 2 aromatic rings. The molecule has 0 atom stereocenters. The molecule has 7 nitrogen and oxygen atoms in total. The number of nitrogens with zero attached hydrogens (tertiary/aromatic N) is 3. The summed E-state index contributed by atoms with van der Waals surface area (Å²) in [6.45, 7) is 4.02. The fourth-order valence-electron chi connectivity index (χ4n) is 1.56. The minimum absolute atomic E-state index is 0.191. The molecule has 0 saturated carbocycles. The van der Waals surface area contributed by atoms with Crippen molar-refractivity contribution in [3.05, 3.63) is 29.3 Å². The Labute approximate surface area is 111 Å². The first-order valence-corrected chi connectivity index (χ1v) is 5.73. The third kappa shape index (κ3) is 3.08. The van der Waals surface area contributed by atoms with Crippen LogP contribution in [0.2, 0.25) is 0 Å². The third-order valence-electron chi connectivity index (χ3n) is 2.57. The molecule has 0 spiro atoms. The summed E-state index contributed by atoms with van der Waals surface area (Å²) in [6, 6.07) is 6.27. The molecule has 0 bridgehead atoms. The lowest BCUT2D eigenvalue weighted by Gasteiger charge is -2.10. The Kier molecular flexibility index (Phi) is 3.76. The molecule has 0 unspecified atom stereocenters. The molecule has 2 rings (SSSR count). The number of nitrogens with one attached hydrogen (secondary N) is 2. The summed E-state index contributed by atoms with van der Waals surface area (Å²) in [4.78, 5) is 12.2. The molecule has 0 aliphatic heterocycles. The third-order valence-corrected chi connectivity index (χ3v) is 2.57. The van der Waals surface area contributed by atoms with Gasteiger partial charge in [-0.3, -0.25) is 5.43 Å². The predicted octanol–water partition coefficient (Wildman–Crippen LogP) is 1.53. The van der Waals surface area contributed by atoms with Crippen LogP contribution >= 0.6 is 0 Å². The van der Waals surface area contributed by atoms with E-state index in [0.717, 1.165) is 16.8 Å². The van der Waals surface area contributed by atoms with Crippen molar-refractivity contribution in [3.63, 3.8) is 0 Å². The van der Waals surface area contributed by atoms with Crippen LogP contribution in [0, 0.1) is 13.8 Å². The van der Waals surface area contributed by atoms with Crippen molar-refractivity contribution in [2.45, 2.75) is 13.8 Å². The summed E-state index contributed by atoms with van der Waals surface area (Å²) in [5.41, 5.74) is 5.53. The zero-order valence-corrected chi connectivity index (χ0v) is 11.1. The maximum absolute atomic E-state index is 5.30. The van der Waals surface area contributed by atoms with Gasteiger partial charge in [0.25, 0.3) is 0 Å². The number of benzene rings is 1. The average molecular weight is 260 g/mol. The molecule has 0 saturated heterocycles. The molecule has 100 valence electrons. The summed E-state index contributed by atoms with van der Waals surface area (Å²) >= 11 is 0. The van der Waals surface area contributed by atoms with Crippen molar-refractivity contribution in [2.75, 3.05) is 17.9 Å². The second-order valence-corrected chi connectivity index (χ2v) is 4.06. The molecule has 0 aliphatic carbocycles. The average Bonchev–Trinajstić information content (AvgIpc) is 2.42. The minimum atomic E-state index is 0.191. The molecule has 1 aromatic carbocycles. The van der Waals surface area contributed by atoms with Crippen LogP contribution in [-0.2, 0) is 0 Å². The number of hydrogen-bond donors (Lipinski definition) is 3. The van der Waals surface area contributed by atoms with Crippen molar-refractivity contribution in [2.24, 2.45) is 5.84 Å². The van der Waals surface area contributed by atoms with Crippen molar-refractivity contribution >= 4 is 17.6 Å². The largest absolute Gasteiger partial charge is 0.467 e. The highest BCUT2D eigenvalue weighted by Crippen LogP contribution is 2.21. The van der Waals surface area contributed by atoms with Crippen molar-refractivity contribution in [1.82, 2.24) is 15.0 Å². The fourth-order valence-corrected chi connectivity index (χ4v) is 1.56. The van der Waals surface area contributed by atoms with Gasteiger partial charge in [0.1, 0.15) is 0 Å². The highest BCUT2D eigenvalue weighted by Gasteiger charge is 2.07. The van der Waals surface area contributed by atoms with Gasteiger partial charge in [-0.15, -0.1) is 0 Å². The van der Waals surface area contributed by atoms with E-state index >= 15 is 0 Å². The highest BCUT2D eigenvalue weighted by molar-refractivity contribution is 5.59. The molecule has 7 heteroatoms. The zero-order valence-electron chi connectivity index (χ0n) is 11.1. The topological polar surface area (TPSA) is 98.0 Å². The summed E-state index contributed by atoms with van der Waals surface area (Å²) in [5.74, 6) is 5.91. The van der Waals surface area contributed by atoms with Crippen LogP contribution in [0.5, 0.6) is 6.01 Å². The monoisotopic (exact) mass is 260 g/mol. The Hall–Kier alpha value is -2.41. The molecule has 0 radical (unpaired) electrons. The van der Waals surface area contributed by atoms with E-state index in [-0.39, 0.29) is 12.0 Å². The van der Waals surface area contributed by atoms with E-state index in [1.165, 1.54) is 7.11 Å². The van der Waals surface area contributed by atoms with Crippen LogP contribution in [0.1, 0.15) is 11.1 Å². The number of aryl methyl sites for hydroxylation is 2. The Morgan fingerprint density at radius 2 is 1.84 bits per heavy atom. The normalized spacial score (nSPS) is 10.1. The Balaban J connectivity index is 2.34. The maximum Gasteiger partial charge on any atom is 0.322 e. The molecule has 1 heterocycles. The van der Waals surface area contributed by atoms with Crippen LogP contribution in [0.3, 0.4) is 0 Å². The van der Waals surface area contributed by atoms with E-state index in [0.29, 0.717) is 5.95 Å². The Morgan fingerprint density at radius 3 is 2.53 bits per heavy atom.